The average Bonchev–Trinajstić information content (AvgIpc) is 2.61. The van der Waals surface area contributed by atoms with Crippen LogP contribution in [0.2, 0.25) is 0 Å². The Kier molecular flexibility index (Phi) is 4.37. The molecular formula is C17H27N3. The number of rotatable bonds is 2. The van der Waals surface area contributed by atoms with Crippen molar-refractivity contribution in [1.82, 2.24) is 15.2 Å². The Hall–Kier alpha value is -0.930. The average molecular weight is 273 g/mol. The van der Waals surface area contributed by atoms with Gasteiger partial charge in [-0.3, -0.25) is 9.88 Å². The minimum Gasteiger partial charge on any atom is -0.310 e. The molecule has 1 saturated carbocycles. The highest BCUT2D eigenvalue weighted by atomic mass is 15.2. The molecular weight excluding hydrogens is 246 g/mol. The molecule has 110 valence electrons. The van der Waals surface area contributed by atoms with Crippen molar-refractivity contribution >= 4 is 0 Å². The highest BCUT2D eigenvalue weighted by Crippen LogP contribution is 2.31. The Balaban J connectivity index is 1.73. The number of nitrogens with one attached hydrogen (secondary N) is 1. The maximum Gasteiger partial charge on any atom is 0.0309 e. The summed E-state index contributed by atoms with van der Waals surface area (Å²) in [6, 6.07) is 4.97. The molecule has 1 aromatic rings. The van der Waals surface area contributed by atoms with Gasteiger partial charge in [-0.15, -0.1) is 0 Å². The molecule has 1 atom stereocenters. The van der Waals surface area contributed by atoms with Gasteiger partial charge in [-0.2, -0.15) is 0 Å². The lowest BCUT2D eigenvalue weighted by Crippen LogP contribution is -2.53. The second-order valence-electron chi connectivity index (χ2n) is 6.67. The van der Waals surface area contributed by atoms with Crippen molar-refractivity contribution in [3.05, 3.63) is 30.1 Å². The van der Waals surface area contributed by atoms with Crippen molar-refractivity contribution in [3.63, 3.8) is 0 Å². The normalized spacial score (nSPS) is 27.4. The SMILES string of the molecule is CC1CCNC2(CCCCC2)CN1Cc1ccncc1. The van der Waals surface area contributed by atoms with Crippen LogP contribution in [0.5, 0.6) is 0 Å². The largest absolute Gasteiger partial charge is 0.310 e. The number of hydrogen-bond donors (Lipinski definition) is 1. The molecule has 2 fully saturated rings. The fourth-order valence-electron chi connectivity index (χ4n) is 3.83. The van der Waals surface area contributed by atoms with E-state index in [-0.39, 0.29) is 0 Å². The maximum atomic E-state index is 4.13. The van der Waals surface area contributed by atoms with E-state index in [0.29, 0.717) is 11.6 Å². The zero-order chi connectivity index (χ0) is 13.8. The smallest absolute Gasteiger partial charge is 0.0309 e. The summed E-state index contributed by atoms with van der Waals surface area (Å²) in [6.45, 7) is 5.82. The van der Waals surface area contributed by atoms with E-state index < -0.39 is 0 Å². The molecule has 20 heavy (non-hydrogen) atoms. The van der Waals surface area contributed by atoms with Crippen LogP contribution in [-0.4, -0.2) is 34.6 Å². The summed E-state index contributed by atoms with van der Waals surface area (Å²) < 4.78 is 0. The van der Waals surface area contributed by atoms with Gasteiger partial charge < -0.3 is 5.32 Å². The van der Waals surface area contributed by atoms with Crippen molar-refractivity contribution < 1.29 is 0 Å². The molecule has 1 N–H and O–H groups in total. The minimum absolute atomic E-state index is 0.385. The van der Waals surface area contributed by atoms with Gasteiger partial charge in [0.05, 0.1) is 0 Å². The number of nitrogens with zero attached hydrogens (tertiary/aromatic N) is 2. The molecule has 0 amide bonds. The van der Waals surface area contributed by atoms with Crippen molar-refractivity contribution in [2.75, 3.05) is 13.1 Å². The lowest BCUT2D eigenvalue weighted by molar-refractivity contribution is 0.131. The molecule has 0 bridgehead atoms. The van der Waals surface area contributed by atoms with Crippen LogP contribution < -0.4 is 5.32 Å². The Morgan fingerprint density at radius 3 is 2.75 bits per heavy atom. The van der Waals surface area contributed by atoms with E-state index >= 15 is 0 Å². The third-order valence-corrected chi connectivity index (χ3v) is 5.14. The van der Waals surface area contributed by atoms with Gasteiger partial charge in [0.15, 0.2) is 0 Å². The zero-order valence-corrected chi connectivity index (χ0v) is 12.6. The molecule has 1 spiro atoms. The molecule has 1 aliphatic heterocycles. The molecule has 0 radical (unpaired) electrons. The fourth-order valence-corrected chi connectivity index (χ4v) is 3.83. The summed E-state index contributed by atoms with van der Waals surface area (Å²) in [4.78, 5) is 6.81. The quantitative estimate of drug-likeness (QED) is 0.898. The van der Waals surface area contributed by atoms with E-state index in [1.165, 1.54) is 57.2 Å². The Labute approximate surface area is 122 Å². The lowest BCUT2D eigenvalue weighted by atomic mass is 9.81. The minimum atomic E-state index is 0.385. The monoisotopic (exact) mass is 273 g/mol. The van der Waals surface area contributed by atoms with Crippen LogP contribution in [0, 0.1) is 0 Å². The first kappa shape index (κ1) is 14.0. The van der Waals surface area contributed by atoms with Crippen LogP contribution in [-0.2, 0) is 6.54 Å². The van der Waals surface area contributed by atoms with Crippen LogP contribution in [0.25, 0.3) is 0 Å². The van der Waals surface area contributed by atoms with Gasteiger partial charge in [-0.1, -0.05) is 19.3 Å². The van der Waals surface area contributed by atoms with Crippen molar-refractivity contribution in [2.45, 2.75) is 63.6 Å². The molecule has 0 aromatic carbocycles. The van der Waals surface area contributed by atoms with Gasteiger partial charge in [-0.25, -0.2) is 0 Å². The van der Waals surface area contributed by atoms with Gasteiger partial charge in [0.2, 0.25) is 0 Å². The van der Waals surface area contributed by atoms with E-state index in [9.17, 15) is 0 Å². The van der Waals surface area contributed by atoms with E-state index in [0.717, 1.165) is 6.54 Å². The number of hydrogen-bond acceptors (Lipinski definition) is 3. The first-order valence-corrected chi connectivity index (χ1v) is 8.15. The predicted molar refractivity (Wildman–Crippen MR) is 82.5 cm³/mol. The van der Waals surface area contributed by atoms with Crippen LogP contribution in [0.3, 0.4) is 0 Å². The zero-order valence-electron chi connectivity index (χ0n) is 12.6. The second-order valence-corrected chi connectivity index (χ2v) is 6.67. The third kappa shape index (κ3) is 3.21. The Morgan fingerprint density at radius 1 is 1.25 bits per heavy atom. The molecule has 2 heterocycles. The van der Waals surface area contributed by atoms with Crippen LogP contribution in [0.4, 0.5) is 0 Å². The molecule has 1 saturated heterocycles. The molecule has 3 nitrogen and oxygen atoms in total. The van der Waals surface area contributed by atoms with Crippen molar-refractivity contribution in [1.29, 1.82) is 0 Å². The van der Waals surface area contributed by atoms with Crippen LogP contribution in [0.1, 0.15) is 51.0 Å². The highest BCUT2D eigenvalue weighted by molar-refractivity contribution is 5.10. The first-order valence-electron chi connectivity index (χ1n) is 8.15. The Bertz CT molecular complexity index is 412. The van der Waals surface area contributed by atoms with Gasteiger partial charge in [0.1, 0.15) is 0 Å². The summed E-state index contributed by atoms with van der Waals surface area (Å²) >= 11 is 0. The molecule has 3 heteroatoms. The number of aromatic nitrogens is 1. The summed E-state index contributed by atoms with van der Waals surface area (Å²) in [6.07, 6.45) is 12.0. The molecule has 3 rings (SSSR count). The van der Waals surface area contributed by atoms with Gasteiger partial charge >= 0.3 is 0 Å². The predicted octanol–water partition coefficient (Wildman–Crippen LogP) is 2.97. The molecule has 1 aromatic heterocycles. The van der Waals surface area contributed by atoms with Crippen LogP contribution in [0.15, 0.2) is 24.5 Å². The fraction of sp³-hybridized carbons (Fsp3) is 0.706. The van der Waals surface area contributed by atoms with Gasteiger partial charge in [0.25, 0.3) is 0 Å². The van der Waals surface area contributed by atoms with Crippen LogP contribution >= 0.6 is 0 Å². The van der Waals surface area contributed by atoms with Crippen molar-refractivity contribution in [2.24, 2.45) is 0 Å². The van der Waals surface area contributed by atoms with E-state index in [1.54, 1.807) is 0 Å². The summed E-state index contributed by atoms with van der Waals surface area (Å²) in [5, 5.41) is 3.89. The summed E-state index contributed by atoms with van der Waals surface area (Å²) in [7, 11) is 0. The summed E-state index contributed by atoms with van der Waals surface area (Å²) in [5.74, 6) is 0. The third-order valence-electron chi connectivity index (χ3n) is 5.14. The Morgan fingerprint density at radius 2 is 2.00 bits per heavy atom. The number of pyridine rings is 1. The molecule has 2 aliphatic rings. The van der Waals surface area contributed by atoms with Crippen molar-refractivity contribution in [3.8, 4) is 0 Å². The molecule has 1 unspecified atom stereocenters. The lowest BCUT2D eigenvalue weighted by Gasteiger charge is -2.41. The van der Waals surface area contributed by atoms with E-state index in [2.05, 4.69) is 34.3 Å². The summed E-state index contributed by atoms with van der Waals surface area (Å²) in [5.41, 5.74) is 1.77. The van der Waals surface area contributed by atoms with Gasteiger partial charge in [0, 0.05) is 37.1 Å². The maximum absolute atomic E-state index is 4.13. The highest BCUT2D eigenvalue weighted by Gasteiger charge is 2.36. The topological polar surface area (TPSA) is 28.2 Å². The van der Waals surface area contributed by atoms with E-state index in [4.69, 9.17) is 0 Å². The standard InChI is InChI=1S/C17H27N3/c1-15-5-12-19-17(8-3-2-4-9-17)14-20(15)13-16-6-10-18-11-7-16/h6-7,10-11,15,19H,2-5,8-9,12-14H2,1H3. The molecule has 1 aliphatic carbocycles. The first-order chi connectivity index (χ1) is 9.77. The van der Waals surface area contributed by atoms with E-state index in [1.807, 2.05) is 12.4 Å². The van der Waals surface area contributed by atoms with Gasteiger partial charge in [-0.05, 0) is 50.4 Å². The second kappa shape index (κ2) is 6.23.